The van der Waals surface area contributed by atoms with Crippen molar-refractivity contribution in [3.05, 3.63) is 0 Å². The second kappa shape index (κ2) is 5.85. The molecule has 2 heterocycles. The van der Waals surface area contributed by atoms with E-state index >= 15 is 0 Å². The number of nitrogens with zero attached hydrogens (tertiary/aromatic N) is 1. The molecule has 18 heavy (non-hydrogen) atoms. The van der Waals surface area contributed by atoms with Gasteiger partial charge in [-0.3, -0.25) is 4.90 Å². The van der Waals surface area contributed by atoms with E-state index in [1.165, 1.54) is 0 Å². The Balaban J connectivity index is 1.79. The molecule has 2 rings (SSSR count). The van der Waals surface area contributed by atoms with Crippen LogP contribution in [0.25, 0.3) is 0 Å². The van der Waals surface area contributed by atoms with Crippen molar-refractivity contribution in [1.82, 2.24) is 10.2 Å². The Bertz CT molecular complexity index is 259. The molecule has 0 saturated carbocycles. The molecule has 0 unspecified atom stereocenters. The van der Waals surface area contributed by atoms with Crippen LogP contribution in [-0.2, 0) is 4.74 Å². The average Bonchev–Trinajstić information content (AvgIpc) is 2.29. The maximum absolute atomic E-state index is 13.8. The van der Waals surface area contributed by atoms with Gasteiger partial charge in [0.2, 0.25) is 0 Å². The highest BCUT2D eigenvalue weighted by Gasteiger charge is 2.33. The molecule has 0 spiro atoms. The molecule has 106 valence electrons. The molecule has 0 aromatic rings. The Morgan fingerprint density at radius 3 is 2.39 bits per heavy atom. The molecule has 0 aromatic heterocycles. The molecule has 3 nitrogen and oxygen atoms in total. The van der Waals surface area contributed by atoms with Crippen molar-refractivity contribution < 1.29 is 9.13 Å². The lowest BCUT2D eigenvalue weighted by molar-refractivity contribution is -0.0351. The summed E-state index contributed by atoms with van der Waals surface area (Å²) in [6.45, 7) is 9.63. The first kappa shape index (κ1) is 14.2. The lowest BCUT2D eigenvalue weighted by Crippen LogP contribution is -2.54. The van der Waals surface area contributed by atoms with E-state index in [0.717, 1.165) is 32.4 Å². The summed E-state index contributed by atoms with van der Waals surface area (Å²) in [5.41, 5.74) is 0.175. The van der Waals surface area contributed by atoms with Gasteiger partial charge in [0.15, 0.2) is 0 Å². The van der Waals surface area contributed by atoms with Gasteiger partial charge in [-0.1, -0.05) is 0 Å². The van der Waals surface area contributed by atoms with Gasteiger partial charge in [0.1, 0.15) is 6.17 Å². The van der Waals surface area contributed by atoms with Gasteiger partial charge in [0, 0.05) is 37.3 Å². The molecule has 2 atom stereocenters. The molecule has 4 heteroatoms. The van der Waals surface area contributed by atoms with E-state index < -0.39 is 6.17 Å². The van der Waals surface area contributed by atoms with E-state index in [-0.39, 0.29) is 18.2 Å². The van der Waals surface area contributed by atoms with Crippen LogP contribution in [0.3, 0.4) is 0 Å². The third-order valence-corrected chi connectivity index (χ3v) is 3.89. The topological polar surface area (TPSA) is 24.5 Å². The molecule has 2 aliphatic heterocycles. The number of hydrogen-bond donors (Lipinski definition) is 1. The zero-order valence-corrected chi connectivity index (χ0v) is 11.9. The summed E-state index contributed by atoms with van der Waals surface area (Å²) in [5, 5.41) is 3.65. The highest BCUT2D eigenvalue weighted by atomic mass is 19.1. The molecular weight excluding hydrogens is 231 g/mol. The minimum Gasteiger partial charge on any atom is -0.378 e. The van der Waals surface area contributed by atoms with Gasteiger partial charge >= 0.3 is 0 Å². The molecule has 0 aromatic carbocycles. The first-order valence-corrected chi connectivity index (χ1v) is 7.19. The number of hydrogen-bond acceptors (Lipinski definition) is 3. The minimum absolute atomic E-state index is 0.0920. The fourth-order valence-corrected chi connectivity index (χ4v) is 3.09. The van der Waals surface area contributed by atoms with Gasteiger partial charge in [-0.05, 0) is 40.0 Å². The summed E-state index contributed by atoms with van der Waals surface area (Å²) in [6.07, 6.45) is 2.30. The molecule has 0 bridgehead atoms. The summed E-state index contributed by atoms with van der Waals surface area (Å²) in [5.74, 6) is 0. The number of nitrogens with one attached hydrogen (secondary N) is 1. The molecule has 1 N–H and O–H groups in total. The molecule has 0 aliphatic carbocycles. The number of halogens is 1. The van der Waals surface area contributed by atoms with E-state index in [2.05, 4.69) is 31.0 Å². The predicted octanol–water partition coefficient (Wildman–Crippen LogP) is 1.97. The maximum atomic E-state index is 13.8. The molecule has 2 fully saturated rings. The first-order chi connectivity index (χ1) is 8.46. The van der Waals surface area contributed by atoms with Crippen LogP contribution < -0.4 is 5.32 Å². The SMILES string of the molecule is CC(C)(C)NC1CCN([C@@H]2CCOC[C@@H]2F)CC1. The normalized spacial score (nSPS) is 32.7. The van der Waals surface area contributed by atoms with Gasteiger partial charge in [-0.15, -0.1) is 0 Å². The van der Waals surface area contributed by atoms with E-state index in [1.807, 2.05) is 0 Å². The van der Waals surface area contributed by atoms with Gasteiger partial charge in [0.05, 0.1) is 6.61 Å². The standard InChI is InChI=1S/C14H27FN2O/c1-14(2,3)16-11-4-7-17(8-5-11)13-6-9-18-10-12(13)15/h11-13,16H,4-10H2,1-3H3/t12-,13+/m0/s1. The summed E-state index contributed by atoms with van der Waals surface area (Å²) >= 11 is 0. The van der Waals surface area contributed by atoms with E-state index in [9.17, 15) is 4.39 Å². The van der Waals surface area contributed by atoms with Crippen molar-refractivity contribution in [1.29, 1.82) is 0 Å². The van der Waals surface area contributed by atoms with E-state index in [0.29, 0.717) is 12.6 Å². The Morgan fingerprint density at radius 1 is 1.17 bits per heavy atom. The number of likely N-dealkylation sites (tertiary alicyclic amines) is 1. The summed E-state index contributed by atoms with van der Waals surface area (Å²) in [7, 11) is 0. The largest absolute Gasteiger partial charge is 0.378 e. The van der Waals surface area contributed by atoms with E-state index in [1.54, 1.807) is 0 Å². The zero-order chi connectivity index (χ0) is 13.2. The van der Waals surface area contributed by atoms with E-state index in [4.69, 9.17) is 4.74 Å². The third kappa shape index (κ3) is 3.90. The summed E-state index contributed by atoms with van der Waals surface area (Å²) in [6, 6.07) is 0.675. The van der Waals surface area contributed by atoms with Gasteiger partial charge < -0.3 is 10.1 Å². The molecule has 2 aliphatic rings. The van der Waals surface area contributed by atoms with Crippen LogP contribution in [0.4, 0.5) is 4.39 Å². The summed E-state index contributed by atoms with van der Waals surface area (Å²) in [4.78, 5) is 2.33. The lowest BCUT2D eigenvalue weighted by atomic mass is 9.96. The molecule has 2 saturated heterocycles. The van der Waals surface area contributed by atoms with Crippen LogP contribution >= 0.6 is 0 Å². The second-order valence-electron chi connectivity index (χ2n) is 6.65. The van der Waals surface area contributed by atoms with Crippen molar-refractivity contribution >= 4 is 0 Å². The molecule has 0 amide bonds. The van der Waals surface area contributed by atoms with Crippen molar-refractivity contribution in [3.63, 3.8) is 0 Å². The average molecular weight is 258 g/mol. The molecule has 0 radical (unpaired) electrons. The highest BCUT2D eigenvalue weighted by Crippen LogP contribution is 2.22. The Hall–Kier alpha value is -0.190. The molecular formula is C14H27FN2O. The predicted molar refractivity (Wildman–Crippen MR) is 71.6 cm³/mol. The quantitative estimate of drug-likeness (QED) is 0.819. The zero-order valence-electron chi connectivity index (χ0n) is 11.9. The van der Waals surface area contributed by atoms with Crippen LogP contribution in [0.1, 0.15) is 40.0 Å². The van der Waals surface area contributed by atoms with Crippen LogP contribution in [0.5, 0.6) is 0 Å². The van der Waals surface area contributed by atoms with Crippen LogP contribution in [0.15, 0.2) is 0 Å². The summed E-state index contributed by atoms with van der Waals surface area (Å²) < 4.78 is 19.0. The maximum Gasteiger partial charge on any atom is 0.139 e. The number of rotatable bonds is 2. The van der Waals surface area contributed by atoms with Crippen LogP contribution in [-0.4, -0.2) is 55.0 Å². The Morgan fingerprint density at radius 2 is 1.83 bits per heavy atom. The van der Waals surface area contributed by atoms with Gasteiger partial charge in [0.25, 0.3) is 0 Å². The van der Waals surface area contributed by atoms with Crippen molar-refractivity contribution in [2.45, 2.75) is 63.8 Å². The first-order valence-electron chi connectivity index (χ1n) is 7.19. The van der Waals surface area contributed by atoms with Gasteiger partial charge in [-0.25, -0.2) is 4.39 Å². The smallest absolute Gasteiger partial charge is 0.139 e. The minimum atomic E-state index is -0.800. The Kier molecular flexibility index (Phi) is 4.62. The number of piperidine rings is 1. The number of alkyl halides is 1. The Labute approximate surface area is 110 Å². The lowest BCUT2D eigenvalue weighted by Gasteiger charge is -2.42. The fourth-order valence-electron chi connectivity index (χ4n) is 3.09. The number of ether oxygens (including phenoxy) is 1. The fraction of sp³-hybridized carbons (Fsp3) is 1.00. The van der Waals surface area contributed by atoms with Crippen LogP contribution in [0.2, 0.25) is 0 Å². The van der Waals surface area contributed by atoms with Crippen LogP contribution in [0, 0.1) is 0 Å². The van der Waals surface area contributed by atoms with Crippen molar-refractivity contribution in [3.8, 4) is 0 Å². The second-order valence-corrected chi connectivity index (χ2v) is 6.65. The monoisotopic (exact) mass is 258 g/mol. The van der Waals surface area contributed by atoms with Crippen molar-refractivity contribution in [2.24, 2.45) is 0 Å². The van der Waals surface area contributed by atoms with Gasteiger partial charge in [-0.2, -0.15) is 0 Å². The highest BCUT2D eigenvalue weighted by molar-refractivity contribution is 4.88. The third-order valence-electron chi connectivity index (χ3n) is 3.89. The van der Waals surface area contributed by atoms with Crippen molar-refractivity contribution in [2.75, 3.05) is 26.3 Å².